The van der Waals surface area contributed by atoms with Gasteiger partial charge in [-0.2, -0.15) is 0 Å². The summed E-state index contributed by atoms with van der Waals surface area (Å²) < 4.78 is 0. The van der Waals surface area contributed by atoms with E-state index in [9.17, 15) is 19.2 Å². The lowest BCUT2D eigenvalue weighted by molar-refractivity contribution is -0.141. The molecule has 0 aromatic rings. The second-order valence-corrected chi connectivity index (χ2v) is 9.79. The summed E-state index contributed by atoms with van der Waals surface area (Å²) >= 11 is 0. The third kappa shape index (κ3) is 4.41. The largest absolute Gasteiger partial charge is 0.343 e. The van der Waals surface area contributed by atoms with Gasteiger partial charge in [0.15, 0.2) is 0 Å². The Bertz CT molecular complexity index is 691. The van der Waals surface area contributed by atoms with Gasteiger partial charge < -0.3 is 15.1 Å². The molecular formula is C21H34N4O4. The molecule has 1 atom stereocenters. The first-order valence-electron chi connectivity index (χ1n) is 10.8. The molecule has 3 fully saturated rings. The summed E-state index contributed by atoms with van der Waals surface area (Å²) in [6, 6.07) is -0.643. The van der Waals surface area contributed by atoms with Crippen LogP contribution in [0.5, 0.6) is 0 Å². The summed E-state index contributed by atoms with van der Waals surface area (Å²) in [7, 11) is 0. The molecule has 3 rings (SSSR count). The standard InChI is InChI=1S/C21H34N4O4/c1-5-16(26)23-11-8-21(9-12-23)18(28)25(19(29)22-21)15-7-6-10-24(14-15)17(27)13-20(2,3)4/h15H,5-14H2,1-4H3,(H,22,29). The fourth-order valence-corrected chi connectivity index (χ4v) is 4.63. The Morgan fingerprint density at radius 3 is 2.31 bits per heavy atom. The molecule has 29 heavy (non-hydrogen) atoms. The smallest absolute Gasteiger partial charge is 0.325 e. The van der Waals surface area contributed by atoms with Crippen LogP contribution in [0.4, 0.5) is 4.79 Å². The van der Waals surface area contributed by atoms with E-state index in [2.05, 4.69) is 5.32 Å². The summed E-state index contributed by atoms with van der Waals surface area (Å²) in [5.41, 5.74) is -1.00. The van der Waals surface area contributed by atoms with E-state index in [1.54, 1.807) is 9.80 Å². The van der Waals surface area contributed by atoms with Crippen LogP contribution >= 0.6 is 0 Å². The highest BCUT2D eigenvalue weighted by Gasteiger charge is 2.54. The predicted molar refractivity (Wildman–Crippen MR) is 108 cm³/mol. The second-order valence-electron chi connectivity index (χ2n) is 9.79. The van der Waals surface area contributed by atoms with Crippen molar-refractivity contribution < 1.29 is 19.2 Å². The second kappa shape index (κ2) is 7.95. The highest BCUT2D eigenvalue weighted by Crippen LogP contribution is 2.33. The Balaban J connectivity index is 1.67. The number of imide groups is 1. The number of urea groups is 1. The Morgan fingerprint density at radius 1 is 1.07 bits per heavy atom. The van der Waals surface area contributed by atoms with Gasteiger partial charge in [-0.25, -0.2) is 4.79 Å². The Labute approximate surface area is 172 Å². The minimum absolute atomic E-state index is 0.0776. The normalized spacial score (nSPS) is 24.8. The molecule has 8 nitrogen and oxygen atoms in total. The van der Waals surface area contributed by atoms with Gasteiger partial charge in [0.25, 0.3) is 5.91 Å². The van der Waals surface area contributed by atoms with Gasteiger partial charge in [-0.15, -0.1) is 0 Å². The van der Waals surface area contributed by atoms with Crippen LogP contribution in [-0.4, -0.2) is 76.2 Å². The van der Waals surface area contributed by atoms with Crippen LogP contribution in [0.15, 0.2) is 0 Å². The number of piperidine rings is 2. The number of nitrogens with one attached hydrogen (secondary N) is 1. The van der Waals surface area contributed by atoms with Crippen LogP contribution in [0, 0.1) is 5.41 Å². The summed E-state index contributed by atoms with van der Waals surface area (Å²) in [5.74, 6) is -0.0367. The van der Waals surface area contributed by atoms with Gasteiger partial charge >= 0.3 is 6.03 Å². The topological polar surface area (TPSA) is 90.0 Å². The van der Waals surface area contributed by atoms with Crippen LogP contribution in [0.3, 0.4) is 0 Å². The van der Waals surface area contributed by atoms with E-state index in [1.807, 2.05) is 27.7 Å². The molecule has 1 spiro atoms. The van der Waals surface area contributed by atoms with Crippen molar-refractivity contribution in [2.75, 3.05) is 26.2 Å². The molecule has 8 heteroatoms. The maximum atomic E-state index is 13.3. The zero-order chi connectivity index (χ0) is 21.4. The first kappa shape index (κ1) is 21.6. The van der Waals surface area contributed by atoms with Crippen molar-refractivity contribution in [2.45, 2.75) is 77.8 Å². The third-order valence-electron chi connectivity index (χ3n) is 6.26. The van der Waals surface area contributed by atoms with Crippen molar-refractivity contribution in [3.8, 4) is 0 Å². The fourth-order valence-electron chi connectivity index (χ4n) is 4.63. The number of carbonyl (C=O) groups excluding carboxylic acids is 4. The zero-order valence-electron chi connectivity index (χ0n) is 18.1. The van der Waals surface area contributed by atoms with Gasteiger partial charge in [0.1, 0.15) is 5.54 Å². The van der Waals surface area contributed by atoms with Crippen molar-refractivity contribution in [1.29, 1.82) is 0 Å². The van der Waals surface area contributed by atoms with Crippen molar-refractivity contribution in [3.05, 3.63) is 0 Å². The van der Waals surface area contributed by atoms with Crippen molar-refractivity contribution >= 4 is 23.8 Å². The van der Waals surface area contributed by atoms with Crippen molar-refractivity contribution in [1.82, 2.24) is 20.0 Å². The predicted octanol–water partition coefficient (Wildman–Crippen LogP) is 1.74. The average molecular weight is 407 g/mol. The number of carbonyl (C=O) groups is 4. The van der Waals surface area contributed by atoms with Gasteiger partial charge in [0.05, 0.1) is 6.04 Å². The Kier molecular flexibility index (Phi) is 5.92. The van der Waals surface area contributed by atoms with E-state index in [0.29, 0.717) is 51.9 Å². The molecule has 3 saturated heterocycles. The summed E-state index contributed by atoms with van der Waals surface area (Å²) in [6.07, 6.45) is 3.28. The zero-order valence-corrected chi connectivity index (χ0v) is 18.1. The first-order valence-corrected chi connectivity index (χ1v) is 10.8. The van der Waals surface area contributed by atoms with Crippen LogP contribution < -0.4 is 5.32 Å². The van der Waals surface area contributed by atoms with E-state index in [-0.39, 0.29) is 35.2 Å². The molecule has 3 heterocycles. The molecule has 5 amide bonds. The van der Waals surface area contributed by atoms with E-state index in [1.165, 1.54) is 4.90 Å². The molecule has 3 aliphatic rings. The molecular weight excluding hydrogens is 372 g/mol. The molecule has 0 aliphatic carbocycles. The number of hydrogen-bond donors (Lipinski definition) is 1. The number of nitrogens with zero attached hydrogens (tertiary/aromatic N) is 3. The Hall–Kier alpha value is -2.12. The maximum Gasteiger partial charge on any atom is 0.325 e. The van der Waals surface area contributed by atoms with Crippen molar-refractivity contribution in [3.63, 3.8) is 0 Å². The average Bonchev–Trinajstić information content (AvgIpc) is 2.90. The molecule has 0 aromatic carbocycles. The quantitative estimate of drug-likeness (QED) is 0.723. The summed E-state index contributed by atoms with van der Waals surface area (Å²) in [6.45, 7) is 9.96. The first-order chi connectivity index (χ1) is 13.6. The van der Waals surface area contributed by atoms with Gasteiger partial charge in [-0.1, -0.05) is 27.7 Å². The minimum Gasteiger partial charge on any atom is -0.343 e. The number of rotatable bonds is 3. The molecule has 0 aromatic heterocycles. The fraction of sp³-hybridized carbons (Fsp3) is 0.810. The summed E-state index contributed by atoms with van der Waals surface area (Å²) in [5, 5.41) is 2.92. The van der Waals surface area contributed by atoms with Crippen LogP contribution in [-0.2, 0) is 14.4 Å². The highest BCUT2D eigenvalue weighted by atomic mass is 16.2. The van der Waals surface area contributed by atoms with Crippen molar-refractivity contribution in [2.24, 2.45) is 5.41 Å². The number of hydrogen-bond acceptors (Lipinski definition) is 4. The van der Waals surface area contributed by atoms with Crippen LogP contribution in [0.2, 0.25) is 0 Å². The third-order valence-corrected chi connectivity index (χ3v) is 6.26. The van der Waals surface area contributed by atoms with E-state index >= 15 is 0 Å². The SMILES string of the molecule is CCC(=O)N1CCC2(CC1)NC(=O)N(C1CCCN(C(=O)CC(C)(C)C)C1)C2=O. The van der Waals surface area contributed by atoms with Gasteiger partial charge in [-0.3, -0.25) is 19.3 Å². The molecule has 3 aliphatic heterocycles. The lowest BCUT2D eigenvalue weighted by Crippen LogP contribution is -2.57. The minimum atomic E-state index is -0.903. The molecule has 0 radical (unpaired) electrons. The van der Waals surface area contributed by atoms with Crippen LogP contribution in [0.25, 0.3) is 0 Å². The Morgan fingerprint density at radius 2 is 1.72 bits per heavy atom. The van der Waals surface area contributed by atoms with E-state index in [4.69, 9.17) is 0 Å². The molecule has 1 N–H and O–H groups in total. The molecule has 162 valence electrons. The number of likely N-dealkylation sites (tertiary alicyclic amines) is 2. The molecule has 0 bridgehead atoms. The van der Waals surface area contributed by atoms with Gasteiger partial charge in [0.2, 0.25) is 11.8 Å². The lowest BCUT2D eigenvalue weighted by Gasteiger charge is -2.39. The van der Waals surface area contributed by atoms with E-state index in [0.717, 1.165) is 12.8 Å². The molecule has 1 unspecified atom stereocenters. The summed E-state index contributed by atoms with van der Waals surface area (Å²) in [4.78, 5) is 55.5. The molecule has 0 saturated carbocycles. The monoisotopic (exact) mass is 406 g/mol. The van der Waals surface area contributed by atoms with Gasteiger partial charge in [-0.05, 0) is 31.1 Å². The van der Waals surface area contributed by atoms with Gasteiger partial charge in [0, 0.05) is 39.0 Å². The van der Waals surface area contributed by atoms with E-state index < -0.39 is 5.54 Å². The maximum absolute atomic E-state index is 13.3. The highest BCUT2D eigenvalue weighted by molar-refractivity contribution is 6.07. The lowest BCUT2D eigenvalue weighted by atomic mass is 9.86. The number of amides is 5. The van der Waals surface area contributed by atoms with Crippen LogP contribution in [0.1, 0.15) is 66.2 Å².